The van der Waals surface area contributed by atoms with Gasteiger partial charge in [-0.25, -0.2) is 17.5 Å². The van der Waals surface area contributed by atoms with Crippen LogP contribution in [0.3, 0.4) is 0 Å². The third kappa shape index (κ3) is 4.33. The minimum Gasteiger partial charge on any atom is -0.348 e. The first-order valence-corrected chi connectivity index (χ1v) is 10.2. The average Bonchev–Trinajstić information content (AvgIpc) is 3.12. The predicted molar refractivity (Wildman–Crippen MR) is 96.1 cm³/mol. The van der Waals surface area contributed by atoms with E-state index >= 15 is 0 Å². The van der Waals surface area contributed by atoms with Crippen LogP contribution < -0.4 is 5.32 Å². The van der Waals surface area contributed by atoms with Crippen LogP contribution in [-0.4, -0.2) is 52.8 Å². The lowest BCUT2D eigenvalue weighted by Gasteiger charge is -2.31. The quantitative estimate of drug-likeness (QED) is 0.829. The molecule has 27 heavy (non-hydrogen) atoms. The molecule has 1 aliphatic heterocycles. The van der Waals surface area contributed by atoms with Gasteiger partial charge in [-0.1, -0.05) is 5.21 Å². The molecule has 1 aromatic carbocycles. The maximum Gasteiger partial charge on any atom is 0.273 e. The number of halogens is 1. The van der Waals surface area contributed by atoms with Crippen molar-refractivity contribution in [1.82, 2.24) is 24.6 Å². The predicted octanol–water partition coefficient (Wildman–Crippen LogP) is 1.58. The van der Waals surface area contributed by atoms with E-state index in [9.17, 15) is 17.6 Å². The van der Waals surface area contributed by atoms with E-state index in [1.165, 1.54) is 22.6 Å². The van der Waals surface area contributed by atoms with E-state index in [-0.39, 0.29) is 35.1 Å². The smallest absolute Gasteiger partial charge is 0.273 e. The van der Waals surface area contributed by atoms with Gasteiger partial charge < -0.3 is 5.32 Å². The van der Waals surface area contributed by atoms with Crippen LogP contribution in [0.5, 0.6) is 0 Å². The minimum absolute atomic E-state index is 0.0197. The lowest BCUT2D eigenvalue weighted by Crippen LogP contribution is -2.40. The lowest BCUT2D eigenvalue weighted by molar-refractivity contribution is 0.0938. The summed E-state index contributed by atoms with van der Waals surface area (Å²) in [6.45, 7) is 4.29. The highest BCUT2D eigenvalue weighted by Gasteiger charge is 2.31. The Kier molecular flexibility index (Phi) is 5.56. The monoisotopic (exact) mass is 395 g/mol. The zero-order valence-electron chi connectivity index (χ0n) is 15.2. The van der Waals surface area contributed by atoms with Gasteiger partial charge in [-0.15, -0.1) is 5.10 Å². The number of benzene rings is 1. The van der Waals surface area contributed by atoms with E-state index in [2.05, 4.69) is 15.6 Å². The van der Waals surface area contributed by atoms with Crippen molar-refractivity contribution in [3.05, 3.63) is 42.0 Å². The summed E-state index contributed by atoms with van der Waals surface area (Å²) in [6.07, 6.45) is 2.92. The Labute approximate surface area is 157 Å². The van der Waals surface area contributed by atoms with E-state index < -0.39 is 15.8 Å². The molecule has 146 valence electrons. The Balaban J connectivity index is 1.75. The highest BCUT2D eigenvalue weighted by molar-refractivity contribution is 7.89. The third-order valence-electron chi connectivity index (χ3n) is 4.35. The molecule has 1 aliphatic rings. The molecular weight excluding hydrogens is 373 g/mol. The Morgan fingerprint density at radius 1 is 1.30 bits per heavy atom. The van der Waals surface area contributed by atoms with Crippen LogP contribution in [0.4, 0.5) is 4.39 Å². The number of carbonyl (C=O) groups excluding carboxylic acids is 1. The normalized spacial score (nSPS) is 18.6. The second-order valence-electron chi connectivity index (χ2n) is 6.82. The first-order valence-electron chi connectivity index (χ1n) is 8.76. The second-order valence-corrected chi connectivity index (χ2v) is 8.76. The summed E-state index contributed by atoms with van der Waals surface area (Å²) in [4.78, 5) is 12.1. The van der Waals surface area contributed by atoms with Crippen LogP contribution in [0, 0.1) is 5.82 Å². The van der Waals surface area contributed by atoms with E-state index in [1.807, 2.05) is 13.8 Å². The molecule has 3 rings (SSSR count). The molecule has 0 radical (unpaired) electrons. The van der Waals surface area contributed by atoms with Crippen LogP contribution in [-0.2, 0) is 10.0 Å². The number of hydrogen-bond acceptors (Lipinski definition) is 5. The summed E-state index contributed by atoms with van der Waals surface area (Å²) in [7, 11) is -3.72. The standard InChI is InChI=1S/C17H22FN5O3S/c1-12(2)19-17(24)16-11-23(21-20-16)14-4-3-9-22(10-14)27(25,26)15-7-5-13(18)6-8-15/h5-8,11-12,14H,3-4,9-10H2,1-2H3,(H,19,24)/t14-/m1/s1. The molecule has 0 spiro atoms. The largest absolute Gasteiger partial charge is 0.348 e. The Morgan fingerprint density at radius 3 is 2.67 bits per heavy atom. The number of carbonyl (C=O) groups is 1. The number of nitrogens with one attached hydrogen (secondary N) is 1. The van der Waals surface area contributed by atoms with Crippen LogP contribution in [0.2, 0.25) is 0 Å². The zero-order chi connectivity index (χ0) is 19.6. The molecule has 2 aromatic rings. The maximum absolute atomic E-state index is 13.1. The van der Waals surface area contributed by atoms with Gasteiger partial charge in [0.15, 0.2) is 5.69 Å². The number of hydrogen-bond donors (Lipinski definition) is 1. The van der Waals surface area contributed by atoms with Gasteiger partial charge >= 0.3 is 0 Å². The number of amides is 1. The van der Waals surface area contributed by atoms with Gasteiger partial charge in [-0.2, -0.15) is 4.31 Å². The molecule has 10 heteroatoms. The van der Waals surface area contributed by atoms with Crippen LogP contribution in [0.1, 0.15) is 43.2 Å². The summed E-state index contributed by atoms with van der Waals surface area (Å²) in [5.41, 5.74) is 0.196. The van der Waals surface area contributed by atoms with Crippen molar-refractivity contribution in [2.75, 3.05) is 13.1 Å². The fourth-order valence-electron chi connectivity index (χ4n) is 3.01. The van der Waals surface area contributed by atoms with Crippen LogP contribution >= 0.6 is 0 Å². The molecule has 0 aliphatic carbocycles. The topological polar surface area (TPSA) is 97.2 Å². The van der Waals surface area contributed by atoms with Crippen molar-refractivity contribution in [1.29, 1.82) is 0 Å². The Bertz CT molecular complexity index is 911. The van der Waals surface area contributed by atoms with Crippen LogP contribution in [0.25, 0.3) is 0 Å². The van der Waals surface area contributed by atoms with Gasteiger partial charge in [0, 0.05) is 19.1 Å². The molecule has 1 fully saturated rings. The molecular formula is C17H22FN5O3S. The summed E-state index contributed by atoms with van der Waals surface area (Å²) in [5, 5.41) is 10.6. The summed E-state index contributed by atoms with van der Waals surface area (Å²) >= 11 is 0. The number of nitrogens with zero attached hydrogens (tertiary/aromatic N) is 4. The SMILES string of the molecule is CC(C)NC(=O)c1cn([C@@H]2CCCN(S(=O)(=O)c3ccc(F)cc3)C2)nn1. The molecule has 2 heterocycles. The highest BCUT2D eigenvalue weighted by Crippen LogP contribution is 2.26. The molecule has 1 N–H and O–H groups in total. The maximum atomic E-state index is 13.1. The minimum atomic E-state index is -3.72. The van der Waals surface area contributed by atoms with Gasteiger partial charge in [0.05, 0.1) is 17.1 Å². The van der Waals surface area contributed by atoms with Gasteiger partial charge in [0.1, 0.15) is 5.82 Å². The van der Waals surface area contributed by atoms with Crippen molar-refractivity contribution >= 4 is 15.9 Å². The molecule has 0 saturated carbocycles. The molecule has 1 saturated heterocycles. The molecule has 1 aromatic heterocycles. The molecule has 1 amide bonds. The third-order valence-corrected chi connectivity index (χ3v) is 6.23. The van der Waals surface area contributed by atoms with Crippen LogP contribution in [0.15, 0.2) is 35.4 Å². The van der Waals surface area contributed by atoms with Crippen molar-refractivity contribution in [2.45, 2.75) is 43.7 Å². The van der Waals surface area contributed by atoms with Crippen molar-refractivity contribution < 1.29 is 17.6 Å². The van der Waals surface area contributed by atoms with Crippen molar-refractivity contribution in [3.63, 3.8) is 0 Å². The van der Waals surface area contributed by atoms with Crippen molar-refractivity contribution in [3.8, 4) is 0 Å². The Hall–Kier alpha value is -2.33. The number of piperidine rings is 1. The average molecular weight is 395 g/mol. The fourth-order valence-corrected chi connectivity index (χ4v) is 4.52. The summed E-state index contributed by atoms with van der Waals surface area (Å²) < 4.78 is 41.6. The summed E-state index contributed by atoms with van der Waals surface area (Å²) in [6, 6.07) is 4.54. The highest BCUT2D eigenvalue weighted by atomic mass is 32.2. The summed E-state index contributed by atoms with van der Waals surface area (Å²) in [5.74, 6) is -0.803. The van der Waals surface area contributed by atoms with E-state index in [1.54, 1.807) is 4.68 Å². The van der Waals surface area contributed by atoms with Gasteiger partial charge in [-0.05, 0) is 51.0 Å². The Morgan fingerprint density at radius 2 is 2.00 bits per heavy atom. The second kappa shape index (κ2) is 7.73. The molecule has 1 atom stereocenters. The van der Waals surface area contributed by atoms with Gasteiger partial charge in [0.2, 0.25) is 10.0 Å². The zero-order valence-corrected chi connectivity index (χ0v) is 16.0. The lowest BCUT2D eigenvalue weighted by atomic mass is 10.1. The van der Waals surface area contributed by atoms with E-state index in [4.69, 9.17) is 0 Å². The molecule has 8 nitrogen and oxygen atoms in total. The first-order chi connectivity index (χ1) is 12.8. The molecule has 0 unspecified atom stereocenters. The van der Waals surface area contributed by atoms with Crippen molar-refractivity contribution in [2.24, 2.45) is 0 Å². The van der Waals surface area contributed by atoms with E-state index in [0.717, 1.165) is 18.6 Å². The van der Waals surface area contributed by atoms with Gasteiger partial charge in [-0.3, -0.25) is 4.79 Å². The van der Waals surface area contributed by atoms with E-state index in [0.29, 0.717) is 13.0 Å². The number of sulfonamides is 1. The first kappa shape index (κ1) is 19.4. The number of aromatic nitrogens is 3. The number of rotatable bonds is 5. The van der Waals surface area contributed by atoms with Gasteiger partial charge in [0.25, 0.3) is 5.91 Å². The molecule has 0 bridgehead atoms. The fraction of sp³-hybridized carbons (Fsp3) is 0.471.